The van der Waals surface area contributed by atoms with Crippen LogP contribution in [0, 0.1) is 5.92 Å². The van der Waals surface area contributed by atoms with Crippen molar-refractivity contribution in [3.8, 4) is 0 Å². The van der Waals surface area contributed by atoms with E-state index in [1.165, 1.54) is 10.0 Å². The van der Waals surface area contributed by atoms with Gasteiger partial charge in [0.25, 0.3) is 11.8 Å². The van der Waals surface area contributed by atoms with Crippen LogP contribution >= 0.6 is 12.2 Å². The van der Waals surface area contributed by atoms with Crippen LogP contribution in [0.25, 0.3) is 0 Å². The highest BCUT2D eigenvalue weighted by atomic mass is 32.1. The number of carbonyl (C=O) groups excluding carboxylic acids is 3. The zero-order valence-electron chi connectivity index (χ0n) is 15.2. The number of hydrazine groups is 1. The van der Waals surface area contributed by atoms with Crippen LogP contribution in [-0.4, -0.2) is 62.8 Å². The van der Waals surface area contributed by atoms with Crippen molar-refractivity contribution in [2.75, 3.05) is 13.1 Å². The summed E-state index contributed by atoms with van der Waals surface area (Å²) in [5.41, 5.74) is 0.835. The maximum absolute atomic E-state index is 13.0. The summed E-state index contributed by atoms with van der Waals surface area (Å²) in [4.78, 5) is 49.8. The normalized spacial score (nSPS) is 22.3. The van der Waals surface area contributed by atoms with E-state index in [4.69, 9.17) is 12.2 Å². The Morgan fingerprint density at radius 3 is 2.39 bits per heavy atom. The maximum atomic E-state index is 13.0. The number of benzene rings is 1. The van der Waals surface area contributed by atoms with Crippen molar-refractivity contribution in [3.05, 3.63) is 35.9 Å². The lowest BCUT2D eigenvalue weighted by Crippen LogP contribution is -2.58. The Bertz CT molecular complexity index is 813. The van der Waals surface area contributed by atoms with Crippen molar-refractivity contribution in [2.24, 2.45) is 5.92 Å². The highest BCUT2D eigenvalue weighted by Crippen LogP contribution is 2.24. The molecule has 3 rings (SSSR count). The van der Waals surface area contributed by atoms with E-state index in [2.05, 4.69) is 5.32 Å². The van der Waals surface area contributed by atoms with Crippen LogP contribution in [0.3, 0.4) is 0 Å². The molecule has 2 aliphatic rings. The lowest BCUT2D eigenvalue weighted by molar-refractivity contribution is -0.166. The van der Waals surface area contributed by atoms with E-state index < -0.39 is 35.7 Å². The molecule has 2 saturated heterocycles. The summed E-state index contributed by atoms with van der Waals surface area (Å²) in [5, 5.41) is 14.6. The Morgan fingerprint density at radius 1 is 1.11 bits per heavy atom. The van der Waals surface area contributed by atoms with E-state index in [0.29, 0.717) is 19.5 Å². The molecule has 9 heteroatoms. The summed E-state index contributed by atoms with van der Waals surface area (Å²) < 4.78 is 0. The summed E-state index contributed by atoms with van der Waals surface area (Å²) >= 11 is 5.18. The largest absolute Gasteiger partial charge is 0.481 e. The molecule has 0 spiro atoms. The molecule has 0 unspecified atom stereocenters. The van der Waals surface area contributed by atoms with Gasteiger partial charge in [-0.2, -0.15) is 0 Å². The number of amides is 3. The molecule has 148 valence electrons. The van der Waals surface area contributed by atoms with Crippen molar-refractivity contribution < 1.29 is 24.3 Å². The van der Waals surface area contributed by atoms with Gasteiger partial charge in [0.2, 0.25) is 5.91 Å². The molecule has 3 amide bonds. The SMILES string of the molecule is O=C(N[C@@H]1C(=O)N2CCCCN2C(=O)C[C@@H]1C(=O)O)C(=S)Cc1ccccc1. The molecule has 1 aromatic rings. The Kier molecular flexibility index (Phi) is 6.03. The number of nitrogens with zero attached hydrogens (tertiary/aromatic N) is 2. The van der Waals surface area contributed by atoms with Gasteiger partial charge < -0.3 is 10.4 Å². The van der Waals surface area contributed by atoms with E-state index >= 15 is 0 Å². The quantitative estimate of drug-likeness (QED) is 0.696. The van der Waals surface area contributed by atoms with Gasteiger partial charge in [0, 0.05) is 25.9 Å². The van der Waals surface area contributed by atoms with Crippen LogP contribution in [-0.2, 0) is 25.6 Å². The summed E-state index contributed by atoms with van der Waals surface area (Å²) in [6.45, 7) is 0.682. The molecule has 0 radical (unpaired) electrons. The summed E-state index contributed by atoms with van der Waals surface area (Å²) in [6, 6.07) is 7.78. The van der Waals surface area contributed by atoms with Crippen molar-refractivity contribution in [3.63, 3.8) is 0 Å². The van der Waals surface area contributed by atoms with Crippen LogP contribution in [0.1, 0.15) is 24.8 Å². The number of aliphatic carboxylic acids is 1. The second-order valence-corrected chi connectivity index (χ2v) is 7.36. The maximum Gasteiger partial charge on any atom is 0.309 e. The standard InChI is InChI=1S/C19H21N3O5S/c23-15-11-13(19(26)27)16(18(25)22-9-5-4-8-21(15)22)20-17(24)14(28)10-12-6-2-1-3-7-12/h1-3,6-7,13,16H,4-5,8-11H2,(H,20,24)(H,26,27)/t13-,16-/m0/s1. The predicted octanol–water partition coefficient (Wildman–Crippen LogP) is 0.554. The van der Waals surface area contributed by atoms with Gasteiger partial charge in [0.05, 0.1) is 10.8 Å². The first-order chi connectivity index (χ1) is 13.4. The monoisotopic (exact) mass is 403 g/mol. The van der Waals surface area contributed by atoms with Gasteiger partial charge in [-0.05, 0) is 18.4 Å². The number of fused-ring (bicyclic) bond motifs is 1. The predicted molar refractivity (Wildman–Crippen MR) is 103 cm³/mol. The molecule has 0 aliphatic carbocycles. The van der Waals surface area contributed by atoms with Gasteiger partial charge in [-0.25, -0.2) is 5.01 Å². The zero-order chi connectivity index (χ0) is 20.3. The average Bonchev–Trinajstić information content (AvgIpc) is 2.79. The number of carbonyl (C=O) groups is 4. The van der Waals surface area contributed by atoms with E-state index in [0.717, 1.165) is 12.0 Å². The first-order valence-corrected chi connectivity index (χ1v) is 9.51. The molecular weight excluding hydrogens is 382 g/mol. The van der Waals surface area contributed by atoms with Crippen molar-refractivity contribution in [1.82, 2.24) is 15.3 Å². The van der Waals surface area contributed by atoms with Crippen LogP contribution < -0.4 is 5.32 Å². The van der Waals surface area contributed by atoms with Crippen LogP contribution in [0.4, 0.5) is 0 Å². The van der Waals surface area contributed by atoms with Crippen LogP contribution in [0.5, 0.6) is 0 Å². The van der Waals surface area contributed by atoms with E-state index in [1.807, 2.05) is 30.3 Å². The van der Waals surface area contributed by atoms with Crippen molar-refractivity contribution >= 4 is 40.8 Å². The first kappa shape index (κ1) is 19.9. The molecule has 2 N–H and O–H groups in total. The highest BCUT2D eigenvalue weighted by Gasteiger charge is 2.46. The highest BCUT2D eigenvalue weighted by molar-refractivity contribution is 7.82. The van der Waals surface area contributed by atoms with Gasteiger partial charge >= 0.3 is 5.97 Å². The Morgan fingerprint density at radius 2 is 1.75 bits per heavy atom. The first-order valence-electron chi connectivity index (χ1n) is 9.10. The molecule has 28 heavy (non-hydrogen) atoms. The third kappa shape index (κ3) is 4.19. The smallest absolute Gasteiger partial charge is 0.309 e. The van der Waals surface area contributed by atoms with Gasteiger partial charge in [0.15, 0.2) is 0 Å². The lowest BCUT2D eigenvalue weighted by Gasteiger charge is -2.38. The summed E-state index contributed by atoms with van der Waals surface area (Å²) in [7, 11) is 0. The van der Waals surface area contributed by atoms with Gasteiger partial charge in [-0.1, -0.05) is 42.5 Å². The number of hydrogen-bond acceptors (Lipinski definition) is 5. The number of hydrogen-bond donors (Lipinski definition) is 2. The van der Waals surface area contributed by atoms with Gasteiger partial charge in [-0.3, -0.25) is 24.2 Å². The van der Waals surface area contributed by atoms with E-state index in [1.54, 1.807) is 0 Å². The number of rotatable bonds is 5. The molecule has 0 bridgehead atoms. The minimum atomic E-state index is -1.34. The molecule has 2 atom stereocenters. The fourth-order valence-corrected chi connectivity index (χ4v) is 3.70. The lowest BCUT2D eigenvalue weighted by atomic mass is 9.95. The van der Waals surface area contributed by atoms with E-state index in [-0.39, 0.29) is 17.7 Å². The van der Waals surface area contributed by atoms with Gasteiger partial charge in [-0.15, -0.1) is 0 Å². The Hall–Kier alpha value is -2.81. The average molecular weight is 403 g/mol. The minimum Gasteiger partial charge on any atom is -0.481 e. The topological polar surface area (TPSA) is 107 Å². The third-order valence-electron chi connectivity index (χ3n) is 4.95. The molecule has 0 aromatic heterocycles. The molecule has 2 fully saturated rings. The molecule has 0 saturated carbocycles. The Labute approximate surface area is 167 Å². The molecule has 2 aliphatic heterocycles. The second-order valence-electron chi connectivity index (χ2n) is 6.87. The van der Waals surface area contributed by atoms with E-state index in [9.17, 15) is 24.3 Å². The number of thiocarbonyl (C=S) groups is 1. The van der Waals surface area contributed by atoms with Crippen molar-refractivity contribution in [2.45, 2.75) is 31.7 Å². The minimum absolute atomic E-state index is 0.0502. The van der Waals surface area contributed by atoms with Gasteiger partial charge in [0.1, 0.15) is 6.04 Å². The number of carboxylic acid groups (broad SMARTS) is 1. The fraction of sp³-hybridized carbons (Fsp3) is 0.421. The van der Waals surface area contributed by atoms with Crippen LogP contribution in [0.2, 0.25) is 0 Å². The third-order valence-corrected chi connectivity index (χ3v) is 5.28. The summed E-state index contributed by atoms with van der Waals surface area (Å²) in [5.74, 6) is -4.32. The number of nitrogens with one attached hydrogen (secondary N) is 1. The number of carboxylic acids is 1. The second kappa shape index (κ2) is 8.47. The summed E-state index contributed by atoms with van der Waals surface area (Å²) in [6.07, 6.45) is 1.30. The van der Waals surface area contributed by atoms with Crippen molar-refractivity contribution in [1.29, 1.82) is 0 Å². The Balaban J connectivity index is 1.79. The fourth-order valence-electron chi connectivity index (χ4n) is 3.47. The molecule has 8 nitrogen and oxygen atoms in total. The zero-order valence-corrected chi connectivity index (χ0v) is 16.0. The molecular formula is C19H21N3O5S. The van der Waals surface area contributed by atoms with Crippen LogP contribution in [0.15, 0.2) is 30.3 Å². The molecule has 2 heterocycles. The molecule has 1 aromatic carbocycles.